The highest BCUT2D eigenvalue weighted by atomic mass is 32.1. The van der Waals surface area contributed by atoms with Crippen molar-refractivity contribution < 1.29 is 4.79 Å². The number of nitrogens with zero attached hydrogens (tertiary/aromatic N) is 2. The van der Waals surface area contributed by atoms with Gasteiger partial charge in [-0.2, -0.15) is 5.10 Å². The maximum Gasteiger partial charge on any atom is 0.248 e. The Bertz CT molecular complexity index is 901. The number of thiazole rings is 1. The van der Waals surface area contributed by atoms with E-state index in [2.05, 4.69) is 15.5 Å². The van der Waals surface area contributed by atoms with Crippen LogP contribution in [0.2, 0.25) is 0 Å². The molecule has 0 saturated heterocycles. The van der Waals surface area contributed by atoms with Crippen molar-refractivity contribution in [3.63, 3.8) is 0 Å². The van der Waals surface area contributed by atoms with Crippen LogP contribution in [0.4, 0.5) is 5.13 Å². The molecule has 5 nitrogen and oxygen atoms in total. The minimum absolute atomic E-state index is 0.451. The van der Waals surface area contributed by atoms with Crippen molar-refractivity contribution in [2.24, 2.45) is 10.8 Å². The molecule has 1 heterocycles. The van der Waals surface area contributed by atoms with Gasteiger partial charge in [0.2, 0.25) is 11.0 Å². The summed E-state index contributed by atoms with van der Waals surface area (Å²) in [5.74, 6) is -0.451. The van der Waals surface area contributed by atoms with Gasteiger partial charge in [0.25, 0.3) is 0 Å². The van der Waals surface area contributed by atoms with Gasteiger partial charge in [0.1, 0.15) is 0 Å². The maximum absolute atomic E-state index is 11.3. The molecule has 2 aromatic carbocycles. The summed E-state index contributed by atoms with van der Waals surface area (Å²) in [6.45, 7) is 2.04. The van der Waals surface area contributed by atoms with E-state index in [4.69, 9.17) is 5.73 Å². The van der Waals surface area contributed by atoms with E-state index in [-0.39, 0.29) is 0 Å². The Hall–Kier alpha value is -2.99. The molecule has 24 heavy (non-hydrogen) atoms. The summed E-state index contributed by atoms with van der Waals surface area (Å²) in [6.07, 6.45) is 1.77. The van der Waals surface area contributed by atoms with E-state index in [1.165, 1.54) is 11.3 Å². The predicted octanol–water partition coefficient (Wildman–Crippen LogP) is 3.66. The van der Waals surface area contributed by atoms with Crippen molar-refractivity contribution in [2.45, 2.75) is 6.92 Å². The van der Waals surface area contributed by atoms with Gasteiger partial charge < -0.3 is 5.73 Å². The third-order valence-electron chi connectivity index (χ3n) is 3.50. The first-order valence-corrected chi connectivity index (χ1v) is 8.22. The van der Waals surface area contributed by atoms with E-state index in [1.807, 2.05) is 42.6 Å². The van der Waals surface area contributed by atoms with Crippen LogP contribution in [0.25, 0.3) is 11.3 Å². The van der Waals surface area contributed by atoms with Crippen LogP contribution in [0.3, 0.4) is 0 Å². The molecule has 0 saturated carbocycles. The molecule has 1 aromatic heterocycles. The van der Waals surface area contributed by atoms with Gasteiger partial charge in [-0.05, 0) is 30.2 Å². The van der Waals surface area contributed by atoms with E-state index in [9.17, 15) is 4.79 Å². The number of aryl methyl sites for hydroxylation is 1. The van der Waals surface area contributed by atoms with Crippen LogP contribution >= 0.6 is 11.3 Å². The molecule has 6 heteroatoms. The molecule has 1 amide bonds. The topological polar surface area (TPSA) is 80.4 Å². The van der Waals surface area contributed by atoms with Gasteiger partial charge in [0, 0.05) is 16.5 Å². The van der Waals surface area contributed by atoms with Crippen molar-refractivity contribution in [1.29, 1.82) is 0 Å². The number of aromatic nitrogens is 1. The first-order valence-electron chi connectivity index (χ1n) is 7.34. The molecule has 3 rings (SSSR count). The Kier molecular flexibility index (Phi) is 4.67. The first-order chi connectivity index (χ1) is 11.6. The highest BCUT2D eigenvalue weighted by Gasteiger charge is 2.07. The zero-order valence-corrected chi connectivity index (χ0v) is 13.9. The Labute approximate surface area is 143 Å². The number of rotatable bonds is 5. The summed E-state index contributed by atoms with van der Waals surface area (Å²) in [5, 5.41) is 6.81. The fourth-order valence-corrected chi connectivity index (χ4v) is 2.85. The number of hydrogen-bond donors (Lipinski definition) is 2. The summed E-state index contributed by atoms with van der Waals surface area (Å²) in [7, 11) is 0. The molecule has 0 atom stereocenters. The molecule has 0 unspecified atom stereocenters. The van der Waals surface area contributed by atoms with Gasteiger partial charge in [0.05, 0.1) is 11.9 Å². The molecule has 0 aliphatic rings. The van der Waals surface area contributed by atoms with E-state index >= 15 is 0 Å². The van der Waals surface area contributed by atoms with Gasteiger partial charge in [-0.15, -0.1) is 11.3 Å². The predicted molar refractivity (Wildman–Crippen MR) is 98.5 cm³/mol. The Balaban J connectivity index is 1.73. The minimum Gasteiger partial charge on any atom is -0.366 e. The molecular weight excluding hydrogens is 320 g/mol. The molecule has 0 radical (unpaired) electrons. The van der Waals surface area contributed by atoms with Gasteiger partial charge in [-0.3, -0.25) is 10.2 Å². The Morgan fingerprint density at radius 2 is 2.08 bits per heavy atom. The van der Waals surface area contributed by atoms with Crippen molar-refractivity contribution in [2.75, 3.05) is 5.43 Å². The molecule has 0 spiro atoms. The van der Waals surface area contributed by atoms with E-state index < -0.39 is 5.91 Å². The van der Waals surface area contributed by atoms with Crippen LogP contribution in [0.1, 0.15) is 21.5 Å². The number of carbonyl (C=O) groups excluding carboxylic acids is 1. The smallest absolute Gasteiger partial charge is 0.248 e. The molecule has 0 aliphatic carbocycles. The zero-order valence-electron chi connectivity index (χ0n) is 13.1. The number of amides is 1. The van der Waals surface area contributed by atoms with Crippen LogP contribution in [0.5, 0.6) is 0 Å². The lowest BCUT2D eigenvalue weighted by atomic mass is 10.1. The molecule has 0 bridgehead atoms. The third kappa shape index (κ3) is 3.67. The average Bonchev–Trinajstić information content (AvgIpc) is 3.06. The summed E-state index contributed by atoms with van der Waals surface area (Å²) in [5.41, 5.74) is 12.5. The third-order valence-corrected chi connectivity index (χ3v) is 4.25. The second-order valence-electron chi connectivity index (χ2n) is 5.21. The largest absolute Gasteiger partial charge is 0.366 e. The molecular formula is C18H16N4OS. The number of nitrogens with two attached hydrogens (primary N) is 1. The average molecular weight is 336 g/mol. The fraction of sp³-hybridized carbons (Fsp3) is 0.0556. The van der Waals surface area contributed by atoms with Crippen LogP contribution in [-0.4, -0.2) is 17.1 Å². The maximum atomic E-state index is 11.3. The van der Waals surface area contributed by atoms with Crippen LogP contribution in [-0.2, 0) is 0 Å². The summed E-state index contributed by atoms with van der Waals surface area (Å²) in [6, 6.07) is 15.1. The lowest BCUT2D eigenvalue weighted by Crippen LogP contribution is -2.10. The van der Waals surface area contributed by atoms with Crippen LogP contribution in [0.15, 0.2) is 59.0 Å². The molecule has 3 N–H and O–H groups in total. The second kappa shape index (κ2) is 7.06. The van der Waals surface area contributed by atoms with Gasteiger partial charge in [0.15, 0.2) is 0 Å². The van der Waals surface area contributed by atoms with Gasteiger partial charge >= 0.3 is 0 Å². The van der Waals surface area contributed by atoms with Gasteiger partial charge in [-0.25, -0.2) is 4.98 Å². The van der Waals surface area contributed by atoms with Crippen molar-refractivity contribution >= 4 is 28.6 Å². The van der Waals surface area contributed by atoms with E-state index in [1.54, 1.807) is 24.4 Å². The highest BCUT2D eigenvalue weighted by Crippen LogP contribution is 2.25. The Morgan fingerprint density at radius 3 is 2.88 bits per heavy atom. The monoisotopic (exact) mass is 336 g/mol. The first kappa shape index (κ1) is 15.9. The van der Waals surface area contributed by atoms with Crippen molar-refractivity contribution in [1.82, 2.24) is 4.98 Å². The molecule has 0 fully saturated rings. The number of carbonyl (C=O) groups is 1. The van der Waals surface area contributed by atoms with E-state index in [0.29, 0.717) is 10.7 Å². The quantitative estimate of drug-likeness (QED) is 0.551. The summed E-state index contributed by atoms with van der Waals surface area (Å²) >= 11 is 1.45. The number of primary amides is 1. The Morgan fingerprint density at radius 1 is 1.25 bits per heavy atom. The highest BCUT2D eigenvalue weighted by molar-refractivity contribution is 7.14. The summed E-state index contributed by atoms with van der Waals surface area (Å²) < 4.78 is 0. The van der Waals surface area contributed by atoms with Crippen molar-refractivity contribution in [3.8, 4) is 11.3 Å². The fourth-order valence-electron chi connectivity index (χ4n) is 2.18. The zero-order chi connectivity index (χ0) is 16.9. The standard InChI is InChI=1S/C18H16N4OS/c1-12-5-2-3-6-15(12)10-20-22-18-21-16(11-24-18)13-7-4-8-14(9-13)17(19)23/h2-11H,1H3,(H2,19,23)(H,21,22)/b20-10+. The van der Waals surface area contributed by atoms with Gasteiger partial charge in [-0.1, -0.05) is 36.4 Å². The number of benzene rings is 2. The van der Waals surface area contributed by atoms with E-state index in [0.717, 1.165) is 22.4 Å². The normalized spacial score (nSPS) is 10.9. The molecule has 0 aliphatic heterocycles. The second-order valence-corrected chi connectivity index (χ2v) is 6.07. The van der Waals surface area contributed by atoms with Crippen LogP contribution in [0, 0.1) is 6.92 Å². The minimum atomic E-state index is -0.451. The summed E-state index contributed by atoms with van der Waals surface area (Å²) in [4.78, 5) is 15.7. The lowest BCUT2D eigenvalue weighted by Gasteiger charge is -2.00. The number of hydrazone groups is 1. The molecule has 120 valence electrons. The lowest BCUT2D eigenvalue weighted by molar-refractivity contribution is 0.100. The SMILES string of the molecule is Cc1ccccc1/C=N/Nc1nc(-c2cccc(C(N)=O)c2)cs1. The van der Waals surface area contributed by atoms with Crippen LogP contribution < -0.4 is 11.2 Å². The number of nitrogens with one attached hydrogen (secondary N) is 1. The number of hydrogen-bond acceptors (Lipinski definition) is 5. The molecule has 3 aromatic rings. The van der Waals surface area contributed by atoms with Crippen molar-refractivity contribution in [3.05, 3.63) is 70.6 Å². The number of anilines is 1.